The minimum atomic E-state index is 0.416. The zero-order chi connectivity index (χ0) is 10.4. The molecule has 0 saturated carbocycles. The van der Waals surface area contributed by atoms with Crippen molar-refractivity contribution in [2.45, 2.75) is 38.8 Å². The number of hydrogen-bond acceptors (Lipinski definition) is 3. The summed E-state index contributed by atoms with van der Waals surface area (Å²) in [4.78, 5) is 2.44. The fourth-order valence-corrected chi connectivity index (χ4v) is 2.10. The summed E-state index contributed by atoms with van der Waals surface area (Å²) in [5, 5.41) is 3.35. The van der Waals surface area contributed by atoms with E-state index in [4.69, 9.17) is 4.74 Å². The second-order valence-electron chi connectivity index (χ2n) is 4.12. The number of likely N-dealkylation sites (N-methyl/N-ethyl adjacent to an activating group) is 1. The van der Waals surface area contributed by atoms with Crippen LogP contribution in [0.2, 0.25) is 0 Å². The summed E-state index contributed by atoms with van der Waals surface area (Å²) in [6.45, 7) is 8.64. The zero-order valence-electron chi connectivity index (χ0n) is 9.75. The van der Waals surface area contributed by atoms with Crippen molar-refractivity contribution in [3.63, 3.8) is 0 Å². The lowest BCUT2D eigenvalue weighted by molar-refractivity contribution is 0.0834. The molecular formula is C11H24N2O. The number of ether oxygens (including phenoxy) is 1. The molecule has 1 fully saturated rings. The maximum atomic E-state index is 5.56. The molecule has 1 heterocycles. The van der Waals surface area contributed by atoms with Crippen LogP contribution in [-0.4, -0.2) is 50.3 Å². The van der Waals surface area contributed by atoms with Gasteiger partial charge in [-0.2, -0.15) is 0 Å². The molecule has 1 rings (SSSR count). The SMILES string of the molecule is CCNCCCN(C)C1CCOC1C. The van der Waals surface area contributed by atoms with E-state index in [-0.39, 0.29) is 0 Å². The van der Waals surface area contributed by atoms with Crippen LogP contribution in [0.3, 0.4) is 0 Å². The standard InChI is InChI=1S/C11H24N2O/c1-4-12-7-5-8-13(3)11-6-9-14-10(11)2/h10-12H,4-9H2,1-3H3. The number of nitrogens with zero attached hydrogens (tertiary/aromatic N) is 1. The summed E-state index contributed by atoms with van der Waals surface area (Å²) in [5.41, 5.74) is 0. The summed E-state index contributed by atoms with van der Waals surface area (Å²) in [5.74, 6) is 0. The van der Waals surface area contributed by atoms with Crippen molar-refractivity contribution < 1.29 is 4.74 Å². The third-order valence-electron chi connectivity index (χ3n) is 3.02. The lowest BCUT2D eigenvalue weighted by Crippen LogP contribution is -2.38. The maximum Gasteiger partial charge on any atom is 0.0702 e. The highest BCUT2D eigenvalue weighted by molar-refractivity contribution is 4.80. The molecule has 0 aromatic heterocycles. The van der Waals surface area contributed by atoms with Gasteiger partial charge in [0.15, 0.2) is 0 Å². The Bertz CT molecular complexity index is 152. The van der Waals surface area contributed by atoms with E-state index in [2.05, 4.69) is 31.1 Å². The first-order chi connectivity index (χ1) is 6.75. The summed E-state index contributed by atoms with van der Waals surface area (Å²) in [6.07, 6.45) is 2.84. The number of hydrogen-bond donors (Lipinski definition) is 1. The quantitative estimate of drug-likeness (QED) is 0.650. The van der Waals surface area contributed by atoms with Gasteiger partial charge in [0.1, 0.15) is 0 Å². The fraction of sp³-hybridized carbons (Fsp3) is 1.00. The normalized spacial score (nSPS) is 27.4. The first-order valence-corrected chi connectivity index (χ1v) is 5.78. The van der Waals surface area contributed by atoms with Crippen LogP contribution >= 0.6 is 0 Å². The van der Waals surface area contributed by atoms with Gasteiger partial charge in [0.2, 0.25) is 0 Å². The van der Waals surface area contributed by atoms with Crippen LogP contribution in [-0.2, 0) is 4.74 Å². The van der Waals surface area contributed by atoms with E-state index in [1.807, 2.05) is 0 Å². The molecule has 84 valence electrons. The second kappa shape index (κ2) is 6.38. The van der Waals surface area contributed by atoms with E-state index < -0.39 is 0 Å². The first kappa shape index (κ1) is 12.0. The third kappa shape index (κ3) is 3.56. The van der Waals surface area contributed by atoms with E-state index >= 15 is 0 Å². The van der Waals surface area contributed by atoms with E-state index in [9.17, 15) is 0 Å². The lowest BCUT2D eigenvalue weighted by Gasteiger charge is -2.26. The summed E-state index contributed by atoms with van der Waals surface area (Å²) in [6, 6.07) is 0.636. The smallest absolute Gasteiger partial charge is 0.0702 e. The van der Waals surface area contributed by atoms with E-state index in [0.29, 0.717) is 12.1 Å². The van der Waals surface area contributed by atoms with Gasteiger partial charge in [-0.1, -0.05) is 6.92 Å². The molecule has 0 aromatic carbocycles. The Balaban J connectivity index is 2.11. The molecule has 1 N–H and O–H groups in total. The minimum Gasteiger partial charge on any atom is -0.377 e. The molecular weight excluding hydrogens is 176 g/mol. The highest BCUT2D eigenvalue weighted by Crippen LogP contribution is 2.17. The van der Waals surface area contributed by atoms with Crippen molar-refractivity contribution in [3.8, 4) is 0 Å². The molecule has 0 aromatic rings. The summed E-state index contributed by atoms with van der Waals surface area (Å²) >= 11 is 0. The molecule has 2 atom stereocenters. The van der Waals surface area contributed by atoms with Gasteiger partial charge in [0.05, 0.1) is 6.10 Å². The van der Waals surface area contributed by atoms with Crippen LogP contribution in [0.4, 0.5) is 0 Å². The molecule has 0 aliphatic carbocycles. The van der Waals surface area contributed by atoms with Crippen molar-refractivity contribution in [1.29, 1.82) is 0 Å². The van der Waals surface area contributed by atoms with Gasteiger partial charge in [-0.3, -0.25) is 0 Å². The van der Waals surface area contributed by atoms with Crippen LogP contribution in [0, 0.1) is 0 Å². The average Bonchev–Trinajstić information content (AvgIpc) is 2.59. The number of rotatable bonds is 6. The molecule has 3 nitrogen and oxygen atoms in total. The van der Waals surface area contributed by atoms with E-state index in [1.165, 1.54) is 19.4 Å². The lowest BCUT2D eigenvalue weighted by atomic mass is 10.1. The third-order valence-corrected chi connectivity index (χ3v) is 3.02. The van der Waals surface area contributed by atoms with Gasteiger partial charge in [0, 0.05) is 12.6 Å². The van der Waals surface area contributed by atoms with Gasteiger partial charge >= 0.3 is 0 Å². The topological polar surface area (TPSA) is 24.5 Å². The fourth-order valence-electron chi connectivity index (χ4n) is 2.10. The highest BCUT2D eigenvalue weighted by Gasteiger charge is 2.27. The van der Waals surface area contributed by atoms with Gasteiger partial charge in [-0.05, 0) is 46.4 Å². The van der Waals surface area contributed by atoms with E-state index in [0.717, 1.165) is 19.7 Å². The van der Waals surface area contributed by atoms with Crippen molar-refractivity contribution >= 4 is 0 Å². The highest BCUT2D eigenvalue weighted by atomic mass is 16.5. The van der Waals surface area contributed by atoms with Crippen molar-refractivity contribution in [2.75, 3.05) is 33.3 Å². The minimum absolute atomic E-state index is 0.416. The number of nitrogens with one attached hydrogen (secondary N) is 1. The maximum absolute atomic E-state index is 5.56. The van der Waals surface area contributed by atoms with Crippen LogP contribution in [0.15, 0.2) is 0 Å². The molecule has 14 heavy (non-hydrogen) atoms. The Morgan fingerprint density at radius 2 is 2.29 bits per heavy atom. The molecule has 1 saturated heterocycles. The zero-order valence-corrected chi connectivity index (χ0v) is 9.75. The molecule has 2 unspecified atom stereocenters. The van der Waals surface area contributed by atoms with Crippen molar-refractivity contribution in [2.24, 2.45) is 0 Å². The second-order valence-corrected chi connectivity index (χ2v) is 4.12. The molecule has 0 spiro atoms. The van der Waals surface area contributed by atoms with E-state index in [1.54, 1.807) is 0 Å². The largest absolute Gasteiger partial charge is 0.377 e. The molecule has 1 aliphatic heterocycles. The van der Waals surface area contributed by atoms with Crippen LogP contribution in [0.1, 0.15) is 26.7 Å². The Hall–Kier alpha value is -0.120. The monoisotopic (exact) mass is 200 g/mol. The molecule has 0 radical (unpaired) electrons. The molecule has 1 aliphatic rings. The Morgan fingerprint density at radius 1 is 1.50 bits per heavy atom. The van der Waals surface area contributed by atoms with Crippen LogP contribution < -0.4 is 5.32 Å². The molecule has 3 heteroatoms. The van der Waals surface area contributed by atoms with Gasteiger partial charge < -0.3 is 15.0 Å². The predicted octanol–water partition coefficient (Wildman–Crippen LogP) is 1.10. The first-order valence-electron chi connectivity index (χ1n) is 5.78. The predicted molar refractivity (Wildman–Crippen MR) is 59.6 cm³/mol. The van der Waals surface area contributed by atoms with Crippen molar-refractivity contribution in [1.82, 2.24) is 10.2 Å². The summed E-state index contributed by atoms with van der Waals surface area (Å²) in [7, 11) is 2.21. The average molecular weight is 200 g/mol. The van der Waals surface area contributed by atoms with Crippen LogP contribution in [0.25, 0.3) is 0 Å². The molecule has 0 bridgehead atoms. The van der Waals surface area contributed by atoms with Crippen LogP contribution in [0.5, 0.6) is 0 Å². The van der Waals surface area contributed by atoms with Gasteiger partial charge in [-0.15, -0.1) is 0 Å². The Labute approximate surface area is 87.8 Å². The Kier molecular flexibility index (Phi) is 5.45. The molecule has 0 amide bonds. The van der Waals surface area contributed by atoms with Crippen molar-refractivity contribution in [3.05, 3.63) is 0 Å². The Morgan fingerprint density at radius 3 is 2.86 bits per heavy atom. The summed E-state index contributed by atoms with van der Waals surface area (Å²) < 4.78 is 5.56. The van der Waals surface area contributed by atoms with Gasteiger partial charge in [0.25, 0.3) is 0 Å². The van der Waals surface area contributed by atoms with Gasteiger partial charge in [-0.25, -0.2) is 0 Å².